The highest BCUT2D eigenvalue weighted by Gasteiger charge is 2.19. The fourth-order valence-corrected chi connectivity index (χ4v) is 8.78. The molecular weight excluding hydrogens is 925 g/mol. The van der Waals surface area contributed by atoms with E-state index in [4.69, 9.17) is 14.2 Å². The Kier molecular flexibility index (Phi) is 59.8. The van der Waals surface area contributed by atoms with E-state index in [2.05, 4.69) is 118 Å². The van der Waals surface area contributed by atoms with E-state index in [0.29, 0.717) is 19.3 Å². The quantitative estimate of drug-likeness (QED) is 0.0261. The molecule has 6 heteroatoms. The maximum atomic E-state index is 12.9. The van der Waals surface area contributed by atoms with Crippen LogP contribution in [0.25, 0.3) is 0 Å². The van der Waals surface area contributed by atoms with Crippen molar-refractivity contribution in [3.8, 4) is 0 Å². The molecule has 0 aromatic carbocycles. The number of hydrogen-bond donors (Lipinski definition) is 0. The summed E-state index contributed by atoms with van der Waals surface area (Å²) >= 11 is 0. The SMILES string of the molecule is CC/C=C\C/C=C\C/C=C\C/C=C\CCCCCCCCC(=O)OC(COC(=O)CCCCCCC/C=C\CCCC)COC(=O)CCCCCCCCCCCCCC/C=C\C/C=C\C/C=C\CCCCCCC. The molecule has 0 aliphatic heterocycles. The second kappa shape index (κ2) is 62.9. The number of esters is 3. The number of rotatable bonds is 57. The number of unbranched alkanes of at least 4 members (excludes halogenated alkanes) is 30. The minimum Gasteiger partial charge on any atom is -0.462 e. The van der Waals surface area contributed by atoms with Crippen molar-refractivity contribution in [3.63, 3.8) is 0 Å². The van der Waals surface area contributed by atoms with Gasteiger partial charge in [0.25, 0.3) is 0 Å². The van der Waals surface area contributed by atoms with Gasteiger partial charge in [-0.15, -0.1) is 0 Å². The van der Waals surface area contributed by atoms with E-state index in [0.717, 1.165) is 116 Å². The monoisotopic (exact) mass is 1040 g/mol. The van der Waals surface area contributed by atoms with Crippen LogP contribution < -0.4 is 0 Å². The third kappa shape index (κ3) is 61.1. The van der Waals surface area contributed by atoms with Crippen LogP contribution in [0.1, 0.15) is 303 Å². The number of ether oxygens (including phenoxy) is 3. The van der Waals surface area contributed by atoms with Crippen molar-refractivity contribution in [3.05, 3.63) is 97.2 Å². The predicted octanol–water partition coefficient (Wildman–Crippen LogP) is 21.7. The third-order valence-electron chi connectivity index (χ3n) is 13.5. The van der Waals surface area contributed by atoms with Crippen LogP contribution in [-0.2, 0) is 28.6 Å². The lowest BCUT2D eigenvalue weighted by Crippen LogP contribution is -2.30. The lowest BCUT2D eigenvalue weighted by Gasteiger charge is -2.18. The largest absolute Gasteiger partial charge is 0.462 e. The number of carbonyl (C=O) groups is 3. The summed E-state index contributed by atoms with van der Waals surface area (Å²) in [6, 6.07) is 0. The van der Waals surface area contributed by atoms with Gasteiger partial charge in [-0.05, 0) is 116 Å². The first-order valence-corrected chi connectivity index (χ1v) is 31.7. The van der Waals surface area contributed by atoms with E-state index in [1.165, 1.54) is 148 Å². The molecule has 0 radical (unpaired) electrons. The van der Waals surface area contributed by atoms with Gasteiger partial charge in [0.2, 0.25) is 0 Å². The number of hydrogen-bond acceptors (Lipinski definition) is 6. The van der Waals surface area contributed by atoms with Crippen LogP contribution in [0.5, 0.6) is 0 Å². The third-order valence-corrected chi connectivity index (χ3v) is 13.5. The van der Waals surface area contributed by atoms with E-state index in [1.807, 2.05) is 0 Å². The van der Waals surface area contributed by atoms with Crippen LogP contribution in [0.15, 0.2) is 97.2 Å². The van der Waals surface area contributed by atoms with Gasteiger partial charge >= 0.3 is 17.9 Å². The molecule has 0 heterocycles. The summed E-state index contributed by atoms with van der Waals surface area (Å²) in [6.07, 6.45) is 84.2. The van der Waals surface area contributed by atoms with Crippen molar-refractivity contribution in [2.24, 2.45) is 0 Å². The van der Waals surface area contributed by atoms with Gasteiger partial charge in [0, 0.05) is 19.3 Å². The molecule has 0 aliphatic carbocycles. The maximum Gasteiger partial charge on any atom is 0.306 e. The first kappa shape index (κ1) is 71.3. The molecule has 0 saturated carbocycles. The van der Waals surface area contributed by atoms with Crippen LogP contribution in [-0.4, -0.2) is 37.2 Å². The molecule has 0 saturated heterocycles. The summed E-state index contributed by atoms with van der Waals surface area (Å²) in [6.45, 7) is 6.48. The topological polar surface area (TPSA) is 78.9 Å². The smallest absolute Gasteiger partial charge is 0.306 e. The molecule has 0 rings (SSSR count). The molecule has 0 aromatic heterocycles. The fraction of sp³-hybridized carbons (Fsp3) is 0.725. The molecule has 75 heavy (non-hydrogen) atoms. The van der Waals surface area contributed by atoms with E-state index in [9.17, 15) is 14.4 Å². The van der Waals surface area contributed by atoms with Crippen LogP contribution in [0.2, 0.25) is 0 Å². The maximum absolute atomic E-state index is 12.9. The minimum absolute atomic E-state index is 0.0866. The Morgan fingerprint density at radius 1 is 0.280 bits per heavy atom. The highest BCUT2D eigenvalue weighted by Crippen LogP contribution is 2.16. The molecule has 0 aliphatic rings. The molecular formula is C69H118O6. The van der Waals surface area contributed by atoms with Crippen molar-refractivity contribution < 1.29 is 28.6 Å². The average molecular weight is 1040 g/mol. The normalized spacial score (nSPS) is 12.7. The fourth-order valence-electron chi connectivity index (χ4n) is 8.78. The molecule has 0 aromatic rings. The summed E-state index contributed by atoms with van der Waals surface area (Å²) in [7, 11) is 0. The highest BCUT2D eigenvalue weighted by atomic mass is 16.6. The van der Waals surface area contributed by atoms with Crippen molar-refractivity contribution in [1.82, 2.24) is 0 Å². The molecule has 0 spiro atoms. The van der Waals surface area contributed by atoms with Gasteiger partial charge in [-0.25, -0.2) is 0 Å². The summed E-state index contributed by atoms with van der Waals surface area (Å²) in [4.78, 5) is 38.2. The number of carbonyl (C=O) groups excluding carboxylic acids is 3. The van der Waals surface area contributed by atoms with Gasteiger partial charge in [-0.3, -0.25) is 14.4 Å². The van der Waals surface area contributed by atoms with Gasteiger partial charge in [0.05, 0.1) is 0 Å². The Balaban J connectivity index is 4.28. The summed E-state index contributed by atoms with van der Waals surface area (Å²) < 4.78 is 16.9. The molecule has 0 amide bonds. The van der Waals surface area contributed by atoms with Gasteiger partial charge in [-0.2, -0.15) is 0 Å². The zero-order valence-electron chi connectivity index (χ0n) is 49.3. The Labute approximate surface area is 464 Å². The van der Waals surface area contributed by atoms with Gasteiger partial charge < -0.3 is 14.2 Å². The van der Waals surface area contributed by atoms with E-state index < -0.39 is 6.10 Å². The van der Waals surface area contributed by atoms with Crippen LogP contribution in [0.3, 0.4) is 0 Å². The van der Waals surface area contributed by atoms with Crippen molar-refractivity contribution in [2.75, 3.05) is 13.2 Å². The molecule has 1 unspecified atom stereocenters. The van der Waals surface area contributed by atoms with Gasteiger partial charge in [-0.1, -0.05) is 266 Å². The summed E-state index contributed by atoms with van der Waals surface area (Å²) in [5.74, 6) is -0.906. The zero-order valence-corrected chi connectivity index (χ0v) is 49.3. The van der Waals surface area contributed by atoms with Crippen molar-refractivity contribution in [2.45, 2.75) is 309 Å². The summed E-state index contributed by atoms with van der Waals surface area (Å²) in [5.41, 5.74) is 0. The lowest BCUT2D eigenvalue weighted by atomic mass is 10.0. The highest BCUT2D eigenvalue weighted by molar-refractivity contribution is 5.71. The van der Waals surface area contributed by atoms with Gasteiger partial charge in [0.15, 0.2) is 6.10 Å². The standard InChI is InChI=1S/C69H118O6/c1-4-7-10-13-16-19-22-24-26-28-30-31-32-33-34-35-36-37-39-40-42-44-47-50-53-56-59-62-68(71)74-65-66(64-73-67(70)61-58-55-52-49-46-21-18-15-12-9-6-3)75-69(72)63-60-57-54-51-48-45-43-41-38-29-27-25-23-20-17-14-11-8-5-2/h8,11,15,17-18,20,22,24-25,27-28,30,32-33,38,41,66H,4-7,9-10,12-14,16,19,21,23,26,29,31,34-37,39-40,42-65H2,1-3H3/b11-8-,18-15-,20-17-,24-22-,27-25-,30-28-,33-32-,41-38-. The van der Waals surface area contributed by atoms with E-state index >= 15 is 0 Å². The second-order valence-electron chi connectivity index (χ2n) is 20.9. The Morgan fingerprint density at radius 3 is 0.867 bits per heavy atom. The van der Waals surface area contributed by atoms with E-state index in [1.54, 1.807) is 0 Å². The van der Waals surface area contributed by atoms with Crippen molar-refractivity contribution in [1.29, 1.82) is 0 Å². The molecule has 0 N–H and O–H groups in total. The molecule has 1 atom stereocenters. The number of allylic oxidation sites excluding steroid dienone is 16. The summed E-state index contributed by atoms with van der Waals surface area (Å²) in [5, 5.41) is 0. The molecule has 0 fully saturated rings. The molecule has 0 bridgehead atoms. The van der Waals surface area contributed by atoms with Crippen LogP contribution in [0.4, 0.5) is 0 Å². The first-order chi connectivity index (χ1) is 37.0. The predicted molar refractivity (Wildman–Crippen MR) is 325 cm³/mol. The average Bonchev–Trinajstić information content (AvgIpc) is 3.41. The zero-order chi connectivity index (χ0) is 54.3. The minimum atomic E-state index is -0.790. The van der Waals surface area contributed by atoms with E-state index in [-0.39, 0.29) is 31.1 Å². The van der Waals surface area contributed by atoms with Crippen LogP contribution >= 0.6 is 0 Å². The Morgan fingerprint density at radius 2 is 0.533 bits per heavy atom. The second-order valence-corrected chi connectivity index (χ2v) is 20.9. The molecule has 6 nitrogen and oxygen atoms in total. The van der Waals surface area contributed by atoms with Gasteiger partial charge in [0.1, 0.15) is 13.2 Å². The first-order valence-electron chi connectivity index (χ1n) is 31.7. The van der Waals surface area contributed by atoms with Crippen molar-refractivity contribution >= 4 is 17.9 Å². The lowest BCUT2D eigenvalue weighted by molar-refractivity contribution is -0.167. The molecule has 430 valence electrons. The van der Waals surface area contributed by atoms with Crippen LogP contribution in [0, 0.1) is 0 Å². The Hall–Kier alpha value is -3.67. The Bertz CT molecular complexity index is 1480.